The molecule has 8 rings (SSSR count). The van der Waals surface area contributed by atoms with Crippen molar-refractivity contribution in [3.63, 3.8) is 0 Å². The number of ether oxygens (including phenoxy) is 1. The Balaban J connectivity index is 0.750. The number of fused-ring (bicyclic) bond motifs is 2. The number of benzene rings is 4. The molecule has 0 radical (unpaired) electrons. The third kappa shape index (κ3) is 8.57. The Bertz CT molecular complexity index is 2200. The van der Waals surface area contributed by atoms with E-state index in [1.165, 1.54) is 5.56 Å². The predicted octanol–water partition coefficient (Wildman–Crippen LogP) is 7.64. The second-order valence-corrected chi connectivity index (χ2v) is 16.5. The molecule has 3 N–H and O–H groups in total. The van der Waals surface area contributed by atoms with E-state index in [1.54, 1.807) is 28.4 Å². The van der Waals surface area contributed by atoms with Gasteiger partial charge in [-0.15, -0.1) is 11.3 Å². The summed E-state index contributed by atoms with van der Waals surface area (Å²) >= 11 is 5.15. The number of carbonyl (C=O) groups excluding carboxylic acids is 3. The Morgan fingerprint density at radius 2 is 1.62 bits per heavy atom. The molecular weight excluding hydrogens is 778 g/mol. The highest BCUT2D eigenvalue weighted by Gasteiger charge is 2.39. The zero-order chi connectivity index (χ0) is 37.9. The van der Waals surface area contributed by atoms with Crippen LogP contribution >= 0.6 is 27.3 Å². The minimum Gasteiger partial charge on any atom is -0.508 e. The Morgan fingerprint density at radius 3 is 2.36 bits per heavy atom. The lowest BCUT2D eigenvalue weighted by Gasteiger charge is -2.34. The maximum Gasteiger partial charge on any atom is 0.255 e. The van der Waals surface area contributed by atoms with Crippen LogP contribution in [0.1, 0.15) is 47.2 Å². The summed E-state index contributed by atoms with van der Waals surface area (Å²) < 4.78 is 8.53. The fourth-order valence-electron chi connectivity index (χ4n) is 7.76. The summed E-state index contributed by atoms with van der Waals surface area (Å²) in [6, 6.07) is 27.3. The van der Waals surface area contributed by atoms with E-state index >= 15 is 0 Å². The summed E-state index contributed by atoms with van der Waals surface area (Å²) in [7, 11) is 0. The molecule has 0 spiro atoms. The van der Waals surface area contributed by atoms with Crippen LogP contribution in [-0.2, 0) is 22.6 Å². The van der Waals surface area contributed by atoms with E-state index < -0.39 is 6.04 Å². The standard InChI is InChI=1S/C43H44BrN5O5S/c44-31-8-6-29(7-9-31)41-40(36-15-11-33(50)26-38(36)55-41)54-34-12-4-28(5-13-34)3-1-19-47-21-23-48(24-22-47)20-2-18-45-32-10-14-35-30(25-32)27-49(43(35)53)37-16-17-39(51)46-42(37)52/h4-15,25-26,37,45,50H,1-3,16-24,27H2,(H,46,51,52). The summed E-state index contributed by atoms with van der Waals surface area (Å²) in [5, 5.41) is 17.0. The summed E-state index contributed by atoms with van der Waals surface area (Å²) in [5.74, 6) is 1.05. The van der Waals surface area contributed by atoms with Crippen LogP contribution in [0.3, 0.4) is 0 Å². The Hall–Kier alpha value is -4.75. The van der Waals surface area contributed by atoms with Gasteiger partial charge in [0.25, 0.3) is 5.91 Å². The van der Waals surface area contributed by atoms with E-state index in [-0.39, 0.29) is 29.9 Å². The molecule has 1 atom stereocenters. The number of aryl methyl sites for hydroxylation is 1. The number of phenolic OH excluding ortho intramolecular Hbond substituents is 1. The topological polar surface area (TPSA) is 114 Å². The van der Waals surface area contributed by atoms with Crippen molar-refractivity contribution in [1.82, 2.24) is 20.0 Å². The second-order valence-electron chi connectivity index (χ2n) is 14.5. The van der Waals surface area contributed by atoms with Gasteiger partial charge in [-0.25, -0.2) is 0 Å². The van der Waals surface area contributed by atoms with Gasteiger partial charge < -0.3 is 29.9 Å². The van der Waals surface area contributed by atoms with Crippen molar-refractivity contribution in [2.75, 3.05) is 51.1 Å². The molecule has 0 saturated carbocycles. The first-order valence-electron chi connectivity index (χ1n) is 19.0. The van der Waals surface area contributed by atoms with Crippen molar-refractivity contribution in [3.05, 3.63) is 106 Å². The van der Waals surface area contributed by atoms with Crippen LogP contribution in [-0.4, -0.2) is 89.4 Å². The molecule has 12 heteroatoms. The lowest BCUT2D eigenvalue weighted by atomic mass is 10.0. The third-order valence-electron chi connectivity index (χ3n) is 10.8. The lowest BCUT2D eigenvalue weighted by molar-refractivity contribution is -0.136. The number of piperidine rings is 1. The summed E-state index contributed by atoms with van der Waals surface area (Å²) in [5.41, 5.74) is 4.90. The number of amides is 3. The van der Waals surface area contributed by atoms with Crippen LogP contribution in [0.4, 0.5) is 5.69 Å². The monoisotopic (exact) mass is 821 g/mol. The minimum absolute atomic E-state index is 0.144. The minimum atomic E-state index is -0.594. The number of carbonyl (C=O) groups is 3. The van der Waals surface area contributed by atoms with Crippen molar-refractivity contribution >= 4 is 60.8 Å². The highest BCUT2D eigenvalue weighted by atomic mass is 79.9. The number of nitrogens with one attached hydrogen (secondary N) is 2. The van der Waals surface area contributed by atoms with Gasteiger partial charge in [0.2, 0.25) is 11.8 Å². The third-order valence-corrected chi connectivity index (χ3v) is 12.5. The van der Waals surface area contributed by atoms with E-state index in [2.05, 4.69) is 72.8 Å². The normalized spacial score (nSPS) is 17.8. The summed E-state index contributed by atoms with van der Waals surface area (Å²) in [6.07, 6.45) is 3.77. The summed E-state index contributed by atoms with van der Waals surface area (Å²) in [4.78, 5) is 44.6. The van der Waals surface area contributed by atoms with Gasteiger partial charge in [-0.1, -0.05) is 40.2 Å². The summed E-state index contributed by atoms with van der Waals surface area (Å²) in [6.45, 7) is 7.65. The number of imide groups is 1. The first kappa shape index (κ1) is 37.2. The molecule has 55 heavy (non-hydrogen) atoms. The van der Waals surface area contributed by atoms with E-state index in [0.717, 1.165) is 113 Å². The van der Waals surface area contributed by atoms with Gasteiger partial charge in [0.05, 0.1) is 4.88 Å². The molecule has 1 unspecified atom stereocenters. The van der Waals surface area contributed by atoms with Crippen molar-refractivity contribution in [2.45, 2.75) is 44.7 Å². The van der Waals surface area contributed by atoms with Crippen LogP contribution in [0.2, 0.25) is 0 Å². The zero-order valence-electron chi connectivity index (χ0n) is 30.6. The molecule has 3 aliphatic heterocycles. The van der Waals surface area contributed by atoms with Gasteiger partial charge in [0.1, 0.15) is 17.5 Å². The number of nitrogens with zero attached hydrogens (tertiary/aromatic N) is 3. The van der Waals surface area contributed by atoms with Crippen LogP contribution in [0.25, 0.3) is 20.5 Å². The number of aromatic hydroxyl groups is 1. The van der Waals surface area contributed by atoms with E-state index in [4.69, 9.17) is 4.74 Å². The molecule has 1 aromatic heterocycles. The number of rotatable bonds is 13. The predicted molar refractivity (Wildman–Crippen MR) is 220 cm³/mol. The molecule has 4 heterocycles. The first-order chi connectivity index (χ1) is 26.8. The SMILES string of the molecule is O=C1CCC(N2Cc3cc(NCCCN4CCN(CCCc5ccc(Oc6c(-c7ccc(Br)cc7)sc7cc(O)ccc67)cc5)CC4)ccc3C2=O)C(=O)N1. The maximum atomic E-state index is 13.0. The Kier molecular flexibility index (Phi) is 11.2. The fraction of sp³-hybridized carbons (Fsp3) is 0.326. The molecule has 284 valence electrons. The van der Waals surface area contributed by atoms with Crippen molar-refractivity contribution in [2.24, 2.45) is 0 Å². The Labute approximate surface area is 333 Å². The average molecular weight is 823 g/mol. The molecule has 2 fully saturated rings. The number of phenols is 1. The molecule has 3 amide bonds. The molecule has 2 saturated heterocycles. The van der Waals surface area contributed by atoms with Crippen LogP contribution < -0.4 is 15.4 Å². The zero-order valence-corrected chi connectivity index (χ0v) is 33.0. The van der Waals surface area contributed by atoms with Gasteiger partial charge in [-0.3, -0.25) is 19.7 Å². The van der Waals surface area contributed by atoms with Gasteiger partial charge in [-0.2, -0.15) is 0 Å². The van der Waals surface area contributed by atoms with Gasteiger partial charge in [0, 0.05) is 71.5 Å². The van der Waals surface area contributed by atoms with Crippen molar-refractivity contribution < 1.29 is 24.2 Å². The van der Waals surface area contributed by atoms with Gasteiger partial charge >= 0.3 is 0 Å². The molecule has 10 nitrogen and oxygen atoms in total. The lowest BCUT2D eigenvalue weighted by Crippen LogP contribution is -2.52. The van der Waals surface area contributed by atoms with Crippen LogP contribution in [0.15, 0.2) is 89.4 Å². The number of halogens is 1. The number of hydrogen-bond acceptors (Lipinski definition) is 9. The molecule has 3 aliphatic rings. The van der Waals surface area contributed by atoms with Crippen molar-refractivity contribution in [3.8, 4) is 27.7 Å². The number of piperazine rings is 1. The van der Waals surface area contributed by atoms with E-state index in [1.807, 2.05) is 36.4 Å². The fourth-order valence-corrected chi connectivity index (χ4v) is 9.19. The maximum absolute atomic E-state index is 13.0. The smallest absolute Gasteiger partial charge is 0.255 e. The highest BCUT2D eigenvalue weighted by Crippen LogP contribution is 2.47. The number of anilines is 1. The van der Waals surface area contributed by atoms with E-state index in [9.17, 15) is 19.5 Å². The van der Waals surface area contributed by atoms with E-state index in [0.29, 0.717) is 18.5 Å². The molecule has 0 aliphatic carbocycles. The number of hydrogen-bond donors (Lipinski definition) is 3. The highest BCUT2D eigenvalue weighted by molar-refractivity contribution is 9.10. The molecule has 4 aromatic carbocycles. The number of thiophene rings is 1. The van der Waals surface area contributed by atoms with Gasteiger partial charge in [0.15, 0.2) is 5.75 Å². The van der Waals surface area contributed by atoms with Crippen LogP contribution in [0, 0.1) is 0 Å². The average Bonchev–Trinajstić information content (AvgIpc) is 3.70. The second kappa shape index (κ2) is 16.5. The first-order valence-corrected chi connectivity index (χ1v) is 20.6. The Morgan fingerprint density at radius 1 is 0.873 bits per heavy atom. The van der Waals surface area contributed by atoms with Crippen LogP contribution in [0.5, 0.6) is 17.2 Å². The molecule has 5 aromatic rings. The van der Waals surface area contributed by atoms with Gasteiger partial charge in [-0.05, 0) is 116 Å². The molecular formula is C43H44BrN5O5S. The quantitative estimate of drug-likeness (QED) is 0.0821. The largest absolute Gasteiger partial charge is 0.508 e. The molecule has 0 bridgehead atoms. The van der Waals surface area contributed by atoms with Crippen molar-refractivity contribution in [1.29, 1.82) is 0 Å².